The normalized spacial score (nSPS) is 10.2. The average Bonchev–Trinajstić information content (AvgIpc) is 2.92. The molecule has 2 rings (SSSR count). The molecule has 2 aromatic rings. The second kappa shape index (κ2) is 6.20. The fourth-order valence-corrected chi connectivity index (χ4v) is 2.15. The number of carbonyl (C=O) groups excluding carboxylic acids is 1. The van der Waals surface area contributed by atoms with E-state index >= 15 is 0 Å². The summed E-state index contributed by atoms with van der Waals surface area (Å²) in [4.78, 5) is 25.7. The van der Waals surface area contributed by atoms with Crippen molar-refractivity contribution in [1.82, 2.24) is 10.3 Å². The molecule has 1 heterocycles. The van der Waals surface area contributed by atoms with Crippen molar-refractivity contribution in [2.75, 3.05) is 6.54 Å². The summed E-state index contributed by atoms with van der Waals surface area (Å²) in [7, 11) is 0. The zero-order valence-corrected chi connectivity index (χ0v) is 11.0. The van der Waals surface area contributed by atoms with Gasteiger partial charge in [0.15, 0.2) is 0 Å². The molecule has 104 valence electrons. The molecule has 0 unspecified atom stereocenters. The van der Waals surface area contributed by atoms with Crippen LogP contribution in [-0.4, -0.2) is 22.4 Å². The van der Waals surface area contributed by atoms with Gasteiger partial charge < -0.3 is 5.32 Å². The number of nitrogens with zero attached hydrogens (tertiary/aromatic N) is 2. The minimum Gasteiger partial charge on any atom is -0.352 e. The molecular formula is C12H10FN3O3S. The first-order valence-corrected chi connectivity index (χ1v) is 6.61. The molecule has 6 nitrogen and oxygen atoms in total. The molecular weight excluding hydrogens is 285 g/mol. The van der Waals surface area contributed by atoms with E-state index in [9.17, 15) is 19.3 Å². The molecule has 1 aromatic carbocycles. The second-order valence-corrected chi connectivity index (χ2v) is 4.63. The molecule has 0 spiro atoms. The van der Waals surface area contributed by atoms with Gasteiger partial charge >= 0.3 is 0 Å². The highest BCUT2D eigenvalue weighted by Gasteiger charge is 2.16. The maximum Gasteiger partial charge on any atom is 0.270 e. The topological polar surface area (TPSA) is 85.1 Å². The Morgan fingerprint density at radius 1 is 1.50 bits per heavy atom. The molecule has 0 aliphatic carbocycles. The predicted octanol–water partition coefficient (Wildman–Crippen LogP) is 2.16. The molecule has 0 bridgehead atoms. The molecule has 1 N–H and O–H groups in total. The fraction of sp³-hybridized carbons (Fsp3) is 0.167. The summed E-state index contributed by atoms with van der Waals surface area (Å²) >= 11 is 1.44. The Morgan fingerprint density at radius 3 is 2.95 bits per heavy atom. The fourth-order valence-electron chi connectivity index (χ4n) is 1.56. The van der Waals surface area contributed by atoms with E-state index in [1.165, 1.54) is 11.3 Å². The molecule has 0 atom stereocenters. The maximum absolute atomic E-state index is 13.5. The Bertz CT molecular complexity index is 631. The van der Waals surface area contributed by atoms with Gasteiger partial charge in [-0.2, -0.15) is 0 Å². The van der Waals surface area contributed by atoms with Crippen molar-refractivity contribution >= 4 is 22.9 Å². The van der Waals surface area contributed by atoms with Crippen molar-refractivity contribution in [3.05, 3.63) is 56.3 Å². The first kappa shape index (κ1) is 14.1. The highest BCUT2D eigenvalue weighted by Crippen LogP contribution is 2.16. The maximum atomic E-state index is 13.5. The third-order valence-corrected chi connectivity index (χ3v) is 3.19. The van der Waals surface area contributed by atoms with E-state index in [1.54, 1.807) is 5.51 Å². The van der Waals surface area contributed by atoms with E-state index in [2.05, 4.69) is 10.3 Å². The van der Waals surface area contributed by atoms with Gasteiger partial charge in [-0.15, -0.1) is 11.3 Å². The van der Waals surface area contributed by atoms with E-state index < -0.39 is 16.6 Å². The van der Waals surface area contributed by atoms with Gasteiger partial charge in [0.25, 0.3) is 11.6 Å². The lowest BCUT2D eigenvalue weighted by Gasteiger charge is -2.05. The number of carbonyl (C=O) groups is 1. The highest BCUT2D eigenvalue weighted by molar-refractivity contribution is 7.07. The van der Waals surface area contributed by atoms with Crippen LogP contribution in [-0.2, 0) is 6.42 Å². The van der Waals surface area contributed by atoms with Crippen molar-refractivity contribution in [3.63, 3.8) is 0 Å². The number of rotatable bonds is 5. The van der Waals surface area contributed by atoms with Crippen molar-refractivity contribution in [1.29, 1.82) is 0 Å². The summed E-state index contributed by atoms with van der Waals surface area (Å²) in [6, 6.07) is 2.85. The minimum atomic E-state index is -0.790. The van der Waals surface area contributed by atoms with Crippen molar-refractivity contribution in [3.8, 4) is 0 Å². The second-order valence-electron chi connectivity index (χ2n) is 3.91. The minimum absolute atomic E-state index is 0.282. The van der Waals surface area contributed by atoms with Gasteiger partial charge in [0.2, 0.25) is 0 Å². The molecule has 1 aromatic heterocycles. The van der Waals surface area contributed by atoms with Crippen molar-refractivity contribution < 1.29 is 14.1 Å². The molecule has 0 saturated heterocycles. The number of nitro groups is 1. The first-order chi connectivity index (χ1) is 9.58. The molecule has 0 fully saturated rings. The SMILES string of the molecule is O=C(NCCc1cscn1)c1cc([N+](=O)[O-])ccc1F. The number of hydrogen-bond acceptors (Lipinski definition) is 5. The van der Waals surface area contributed by atoms with Crippen LogP contribution in [0.1, 0.15) is 16.1 Å². The van der Waals surface area contributed by atoms with Gasteiger partial charge in [-0.25, -0.2) is 9.37 Å². The quantitative estimate of drug-likeness (QED) is 0.676. The molecule has 1 amide bonds. The van der Waals surface area contributed by atoms with Gasteiger partial charge in [0, 0.05) is 30.5 Å². The van der Waals surface area contributed by atoms with E-state index in [0.717, 1.165) is 23.9 Å². The third-order valence-electron chi connectivity index (χ3n) is 2.56. The summed E-state index contributed by atoms with van der Waals surface area (Å²) in [5, 5.41) is 15.0. The van der Waals surface area contributed by atoms with Crippen LogP contribution in [0.4, 0.5) is 10.1 Å². The summed E-state index contributed by atoms with van der Waals surface area (Å²) < 4.78 is 13.5. The molecule has 0 aliphatic heterocycles. The van der Waals surface area contributed by atoms with Crippen LogP contribution >= 0.6 is 11.3 Å². The number of non-ortho nitro benzene ring substituents is 1. The molecule has 0 saturated carbocycles. The number of thiazole rings is 1. The first-order valence-electron chi connectivity index (χ1n) is 5.67. The lowest BCUT2D eigenvalue weighted by Crippen LogP contribution is -2.26. The average molecular weight is 295 g/mol. The monoisotopic (exact) mass is 295 g/mol. The molecule has 0 radical (unpaired) electrons. The van der Waals surface area contributed by atoms with Crippen molar-refractivity contribution in [2.45, 2.75) is 6.42 Å². The molecule has 20 heavy (non-hydrogen) atoms. The Balaban J connectivity index is 2.01. The lowest BCUT2D eigenvalue weighted by molar-refractivity contribution is -0.384. The van der Waals surface area contributed by atoms with Crippen LogP contribution in [0.15, 0.2) is 29.1 Å². The van der Waals surface area contributed by atoms with E-state index in [4.69, 9.17) is 0 Å². The zero-order chi connectivity index (χ0) is 14.5. The Hall–Kier alpha value is -2.35. The van der Waals surface area contributed by atoms with Crippen LogP contribution in [0.25, 0.3) is 0 Å². The van der Waals surface area contributed by atoms with E-state index in [-0.39, 0.29) is 17.8 Å². The Kier molecular flexibility index (Phi) is 4.36. The van der Waals surface area contributed by atoms with Gasteiger partial charge in [-0.1, -0.05) is 0 Å². The van der Waals surface area contributed by atoms with E-state index in [0.29, 0.717) is 6.42 Å². The number of hydrogen-bond donors (Lipinski definition) is 1. The number of nitrogens with one attached hydrogen (secondary N) is 1. The summed E-state index contributed by atoms with van der Waals surface area (Å²) in [5.74, 6) is -1.47. The Morgan fingerprint density at radius 2 is 2.30 bits per heavy atom. The smallest absolute Gasteiger partial charge is 0.270 e. The van der Waals surface area contributed by atoms with Gasteiger partial charge in [0.1, 0.15) is 5.82 Å². The van der Waals surface area contributed by atoms with Gasteiger partial charge in [0.05, 0.1) is 21.7 Å². The van der Waals surface area contributed by atoms with Crippen LogP contribution in [0.5, 0.6) is 0 Å². The molecule has 8 heteroatoms. The Labute approximate surface area is 117 Å². The largest absolute Gasteiger partial charge is 0.352 e. The zero-order valence-electron chi connectivity index (χ0n) is 10.2. The van der Waals surface area contributed by atoms with Crippen LogP contribution in [0.2, 0.25) is 0 Å². The van der Waals surface area contributed by atoms with Crippen molar-refractivity contribution in [2.24, 2.45) is 0 Å². The number of nitro benzene ring substituents is 1. The standard InChI is InChI=1S/C12H10FN3O3S/c13-11-2-1-9(16(18)19)5-10(11)12(17)14-4-3-8-6-20-7-15-8/h1-2,5-7H,3-4H2,(H,14,17). The van der Waals surface area contributed by atoms with E-state index in [1.807, 2.05) is 5.38 Å². The number of benzene rings is 1. The van der Waals surface area contributed by atoms with Crippen LogP contribution in [0.3, 0.4) is 0 Å². The third kappa shape index (κ3) is 3.35. The lowest BCUT2D eigenvalue weighted by atomic mass is 10.1. The number of halogens is 1. The summed E-state index contributed by atoms with van der Waals surface area (Å²) in [5.41, 5.74) is 1.85. The summed E-state index contributed by atoms with van der Waals surface area (Å²) in [6.07, 6.45) is 0.520. The van der Waals surface area contributed by atoms with Gasteiger partial charge in [-0.3, -0.25) is 14.9 Å². The predicted molar refractivity (Wildman–Crippen MR) is 71.2 cm³/mol. The number of aromatic nitrogens is 1. The summed E-state index contributed by atoms with van der Waals surface area (Å²) in [6.45, 7) is 0.282. The molecule has 0 aliphatic rings. The van der Waals surface area contributed by atoms with Gasteiger partial charge in [-0.05, 0) is 6.07 Å². The van der Waals surface area contributed by atoms with Crippen LogP contribution < -0.4 is 5.32 Å². The number of amides is 1. The van der Waals surface area contributed by atoms with Crippen LogP contribution in [0, 0.1) is 15.9 Å². The highest BCUT2D eigenvalue weighted by atomic mass is 32.1.